The van der Waals surface area contributed by atoms with Gasteiger partial charge in [-0.15, -0.1) is 0 Å². The number of nitrogens with zero attached hydrogens (tertiary/aromatic N) is 1. The summed E-state index contributed by atoms with van der Waals surface area (Å²) >= 11 is 0. The first kappa shape index (κ1) is 15.1. The van der Waals surface area contributed by atoms with Crippen molar-refractivity contribution in [3.8, 4) is 0 Å². The second kappa shape index (κ2) is 4.62. The summed E-state index contributed by atoms with van der Waals surface area (Å²) in [6, 6.07) is 13.8. The molecule has 0 aliphatic carbocycles. The van der Waals surface area contributed by atoms with Gasteiger partial charge in [-0.1, -0.05) is 45.0 Å². The lowest BCUT2D eigenvalue weighted by Crippen LogP contribution is -2.21. The molecular formula is C21H27N. The van der Waals surface area contributed by atoms with Gasteiger partial charge in [0.05, 0.1) is 0 Å². The van der Waals surface area contributed by atoms with E-state index in [2.05, 4.69) is 89.4 Å². The number of aromatic nitrogens is 1. The van der Waals surface area contributed by atoms with Gasteiger partial charge in [-0.2, -0.15) is 0 Å². The Balaban J connectivity index is 2.50. The number of hydrogen-bond donors (Lipinski definition) is 0. The van der Waals surface area contributed by atoms with Gasteiger partial charge in [0, 0.05) is 27.3 Å². The van der Waals surface area contributed by atoms with E-state index in [1.165, 1.54) is 32.9 Å². The molecule has 0 saturated carbocycles. The Kier molecular flexibility index (Phi) is 3.18. The van der Waals surface area contributed by atoms with Gasteiger partial charge in [0.1, 0.15) is 0 Å². The summed E-state index contributed by atoms with van der Waals surface area (Å²) in [6.45, 7) is 15.9. The largest absolute Gasteiger partial charge is 0.335 e. The highest BCUT2D eigenvalue weighted by Crippen LogP contribution is 2.36. The molecule has 2 aromatic carbocycles. The van der Waals surface area contributed by atoms with Gasteiger partial charge in [-0.25, -0.2) is 0 Å². The van der Waals surface area contributed by atoms with Crippen molar-refractivity contribution < 1.29 is 0 Å². The first-order valence-corrected chi connectivity index (χ1v) is 8.15. The van der Waals surface area contributed by atoms with Crippen LogP contribution in [0.1, 0.15) is 52.7 Å². The molecule has 0 radical (unpaired) electrons. The molecule has 0 amide bonds. The van der Waals surface area contributed by atoms with Crippen molar-refractivity contribution in [1.29, 1.82) is 0 Å². The maximum atomic E-state index is 2.50. The van der Waals surface area contributed by atoms with Crippen molar-refractivity contribution in [2.45, 2.75) is 59.4 Å². The van der Waals surface area contributed by atoms with Crippen LogP contribution in [0.4, 0.5) is 0 Å². The summed E-state index contributed by atoms with van der Waals surface area (Å²) in [5, 5.41) is 2.72. The van der Waals surface area contributed by atoms with E-state index < -0.39 is 0 Å². The highest BCUT2D eigenvalue weighted by atomic mass is 15.0. The molecule has 1 nitrogen and oxygen atoms in total. The van der Waals surface area contributed by atoms with E-state index in [9.17, 15) is 0 Å². The molecule has 116 valence electrons. The summed E-state index contributed by atoms with van der Waals surface area (Å²) in [5.74, 6) is 0. The molecule has 0 aliphatic heterocycles. The molecule has 0 fully saturated rings. The second-order valence-electron chi connectivity index (χ2n) is 8.51. The minimum absolute atomic E-state index is 0.0598. The normalized spacial score (nSPS) is 13.2. The molecule has 0 aliphatic rings. The Bertz CT molecular complexity index is 851. The van der Waals surface area contributed by atoms with E-state index in [-0.39, 0.29) is 11.0 Å². The van der Waals surface area contributed by atoms with Gasteiger partial charge in [0.25, 0.3) is 0 Å². The van der Waals surface area contributed by atoms with Gasteiger partial charge in [-0.3, -0.25) is 0 Å². The molecule has 1 heteroatoms. The first-order valence-electron chi connectivity index (χ1n) is 8.15. The summed E-state index contributed by atoms with van der Waals surface area (Å²) in [7, 11) is 0. The van der Waals surface area contributed by atoms with Crippen molar-refractivity contribution in [2.24, 2.45) is 0 Å². The zero-order valence-corrected chi connectivity index (χ0v) is 14.9. The van der Waals surface area contributed by atoms with Crippen molar-refractivity contribution in [3.63, 3.8) is 0 Å². The number of rotatable bonds is 0. The zero-order valence-electron chi connectivity index (χ0n) is 14.9. The average molecular weight is 293 g/mol. The second-order valence-corrected chi connectivity index (χ2v) is 8.51. The van der Waals surface area contributed by atoms with Gasteiger partial charge in [0.2, 0.25) is 0 Å². The molecule has 3 aromatic rings. The SMILES string of the molecule is Cc1ccc2c3ccc(C(C)(C)C)cc3n(C(C)(C)C)c2c1. The minimum Gasteiger partial charge on any atom is -0.335 e. The molecular weight excluding hydrogens is 266 g/mol. The van der Waals surface area contributed by atoms with Crippen LogP contribution in [0.15, 0.2) is 36.4 Å². The average Bonchev–Trinajstić information content (AvgIpc) is 2.69. The fourth-order valence-corrected chi connectivity index (χ4v) is 3.32. The predicted octanol–water partition coefficient (Wildman–Crippen LogP) is 6.16. The fraction of sp³-hybridized carbons (Fsp3) is 0.429. The van der Waals surface area contributed by atoms with Crippen LogP contribution >= 0.6 is 0 Å². The molecule has 0 spiro atoms. The standard InChI is InChI=1S/C21H27N/c1-14-8-10-16-17-11-9-15(20(2,3)4)13-19(17)22(18(16)12-14)21(5,6)7/h8-13H,1-7H3. The van der Waals surface area contributed by atoms with Gasteiger partial charge < -0.3 is 4.57 Å². The number of benzene rings is 2. The van der Waals surface area contributed by atoms with Crippen molar-refractivity contribution in [2.75, 3.05) is 0 Å². The smallest absolute Gasteiger partial charge is 0.0499 e. The maximum Gasteiger partial charge on any atom is 0.0499 e. The fourth-order valence-electron chi connectivity index (χ4n) is 3.32. The van der Waals surface area contributed by atoms with Crippen LogP contribution in [0.3, 0.4) is 0 Å². The Labute approximate surface area is 133 Å². The van der Waals surface area contributed by atoms with E-state index in [1.54, 1.807) is 0 Å². The molecule has 0 saturated heterocycles. The summed E-state index contributed by atoms with van der Waals surface area (Å²) < 4.78 is 2.50. The minimum atomic E-state index is 0.0598. The van der Waals surface area contributed by atoms with Crippen LogP contribution in [0.2, 0.25) is 0 Å². The van der Waals surface area contributed by atoms with Crippen LogP contribution in [0, 0.1) is 6.92 Å². The molecule has 0 atom stereocenters. The Morgan fingerprint density at radius 2 is 1.27 bits per heavy atom. The lowest BCUT2D eigenvalue weighted by atomic mass is 9.86. The third-order valence-corrected chi connectivity index (χ3v) is 4.46. The topological polar surface area (TPSA) is 4.93 Å². The van der Waals surface area contributed by atoms with E-state index in [4.69, 9.17) is 0 Å². The molecule has 22 heavy (non-hydrogen) atoms. The first-order chi connectivity index (χ1) is 10.1. The zero-order chi connectivity index (χ0) is 16.3. The van der Waals surface area contributed by atoms with Crippen molar-refractivity contribution in [1.82, 2.24) is 4.57 Å². The molecule has 0 unspecified atom stereocenters. The van der Waals surface area contributed by atoms with Gasteiger partial charge >= 0.3 is 0 Å². The van der Waals surface area contributed by atoms with Crippen LogP contribution in [-0.4, -0.2) is 4.57 Å². The predicted molar refractivity (Wildman–Crippen MR) is 97.9 cm³/mol. The monoisotopic (exact) mass is 293 g/mol. The molecule has 1 aromatic heterocycles. The van der Waals surface area contributed by atoms with Crippen molar-refractivity contribution >= 4 is 21.8 Å². The van der Waals surface area contributed by atoms with E-state index in [0.29, 0.717) is 0 Å². The third kappa shape index (κ3) is 2.33. The summed E-state index contributed by atoms with van der Waals surface area (Å²) in [4.78, 5) is 0. The molecule has 0 N–H and O–H groups in total. The third-order valence-electron chi connectivity index (χ3n) is 4.46. The quantitative estimate of drug-likeness (QED) is 0.468. The van der Waals surface area contributed by atoms with Crippen LogP contribution in [0.5, 0.6) is 0 Å². The Morgan fingerprint density at radius 1 is 0.727 bits per heavy atom. The highest BCUT2D eigenvalue weighted by Gasteiger charge is 2.22. The van der Waals surface area contributed by atoms with Gasteiger partial charge in [0.15, 0.2) is 0 Å². The molecule has 1 heterocycles. The van der Waals surface area contributed by atoms with Crippen LogP contribution < -0.4 is 0 Å². The van der Waals surface area contributed by atoms with Gasteiger partial charge in [-0.05, 0) is 56.4 Å². The highest BCUT2D eigenvalue weighted by molar-refractivity contribution is 6.08. The van der Waals surface area contributed by atoms with Crippen molar-refractivity contribution in [3.05, 3.63) is 47.5 Å². The molecule has 3 rings (SSSR count). The lowest BCUT2D eigenvalue weighted by Gasteiger charge is -2.25. The van der Waals surface area contributed by atoms with E-state index in [0.717, 1.165) is 0 Å². The lowest BCUT2D eigenvalue weighted by molar-refractivity contribution is 0.423. The number of hydrogen-bond acceptors (Lipinski definition) is 0. The molecule has 0 bridgehead atoms. The maximum absolute atomic E-state index is 2.50. The van der Waals surface area contributed by atoms with E-state index in [1.807, 2.05) is 0 Å². The number of fused-ring (bicyclic) bond motifs is 3. The van der Waals surface area contributed by atoms with E-state index >= 15 is 0 Å². The summed E-state index contributed by atoms with van der Waals surface area (Å²) in [6.07, 6.45) is 0. The Morgan fingerprint density at radius 3 is 1.82 bits per heavy atom. The Hall–Kier alpha value is -1.76. The summed E-state index contributed by atoms with van der Waals surface area (Å²) in [5.41, 5.74) is 5.63. The van der Waals surface area contributed by atoms with Crippen LogP contribution in [-0.2, 0) is 11.0 Å². The number of aryl methyl sites for hydroxylation is 1. The van der Waals surface area contributed by atoms with Crippen LogP contribution in [0.25, 0.3) is 21.8 Å².